The van der Waals surface area contributed by atoms with Gasteiger partial charge in [0.25, 0.3) is 5.91 Å². The van der Waals surface area contributed by atoms with Crippen LogP contribution in [0.25, 0.3) is 0 Å². The number of hydrogen-bond acceptors (Lipinski definition) is 5. The first kappa shape index (κ1) is 14.3. The molecular weight excluding hydrogens is 306 g/mol. The Hall–Kier alpha value is -1.76. The number of carbonyl (C=O) groups is 2. The van der Waals surface area contributed by atoms with Gasteiger partial charge in [-0.1, -0.05) is 22.0 Å². The molecule has 1 rings (SSSR count). The van der Waals surface area contributed by atoms with E-state index in [0.717, 1.165) is 0 Å². The van der Waals surface area contributed by atoms with Gasteiger partial charge in [-0.2, -0.15) is 0 Å². The Kier molecular flexibility index (Phi) is 4.96. The average Bonchev–Trinajstić information content (AvgIpc) is 2.34. The van der Waals surface area contributed by atoms with Gasteiger partial charge < -0.3 is 20.3 Å². The number of phenolic OH excluding ortho intramolecular Hbond substituents is 2. The van der Waals surface area contributed by atoms with Gasteiger partial charge in [0.2, 0.25) is 0 Å². The van der Waals surface area contributed by atoms with E-state index in [1.165, 1.54) is 25.3 Å². The molecule has 1 atom stereocenters. The van der Waals surface area contributed by atoms with E-state index in [2.05, 4.69) is 26.0 Å². The molecule has 0 spiro atoms. The van der Waals surface area contributed by atoms with Crippen molar-refractivity contribution in [3.05, 3.63) is 23.8 Å². The highest BCUT2D eigenvalue weighted by Crippen LogP contribution is 2.25. The topological polar surface area (TPSA) is 95.9 Å². The van der Waals surface area contributed by atoms with Gasteiger partial charge in [-0.3, -0.25) is 9.59 Å². The molecule has 1 amide bonds. The van der Waals surface area contributed by atoms with Crippen LogP contribution in [0.1, 0.15) is 10.4 Å². The van der Waals surface area contributed by atoms with Crippen molar-refractivity contribution in [3.8, 4) is 11.5 Å². The third-order valence-electron chi connectivity index (χ3n) is 2.15. The van der Waals surface area contributed by atoms with Crippen LogP contribution in [0.15, 0.2) is 18.2 Å². The van der Waals surface area contributed by atoms with E-state index in [9.17, 15) is 19.8 Å². The molecular formula is C11H12BrNO5. The van der Waals surface area contributed by atoms with Crippen LogP contribution in [0.4, 0.5) is 0 Å². The summed E-state index contributed by atoms with van der Waals surface area (Å²) in [5.74, 6) is -1.89. The second kappa shape index (κ2) is 6.25. The Morgan fingerprint density at radius 3 is 2.44 bits per heavy atom. The summed E-state index contributed by atoms with van der Waals surface area (Å²) in [6.45, 7) is -0.0285. The van der Waals surface area contributed by atoms with Crippen molar-refractivity contribution in [3.63, 3.8) is 0 Å². The van der Waals surface area contributed by atoms with Crippen LogP contribution in [0.2, 0.25) is 0 Å². The molecule has 18 heavy (non-hydrogen) atoms. The normalized spacial score (nSPS) is 11.7. The highest BCUT2D eigenvalue weighted by molar-refractivity contribution is 9.10. The van der Waals surface area contributed by atoms with Crippen molar-refractivity contribution in [2.24, 2.45) is 0 Å². The molecule has 1 unspecified atom stereocenters. The maximum Gasteiger partial charge on any atom is 0.321 e. The van der Waals surface area contributed by atoms with E-state index in [-0.39, 0.29) is 23.6 Å². The fraction of sp³-hybridized carbons (Fsp3) is 0.273. The number of amides is 1. The molecule has 6 nitrogen and oxygen atoms in total. The van der Waals surface area contributed by atoms with Crippen LogP contribution in [0, 0.1) is 0 Å². The van der Waals surface area contributed by atoms with Crippen molar-refractivity contribution in [2.45, 2.75) is 4.83 Å². The van der Waals surface area contributed by atoms with E-state index in [1.807, 2.05) is 0 Å². The van der Waals surface area contributed by atoms with E-state index in [4.69, 9.17) is 0 Å². The molecule has 0 aliphatic heterocycles. The quantitative estimate of drug-likeness (QED) is 0.563. The van der Waals surface area contributed by atoms with Crippen molar-refractivity contribution in [2.75, 3.05) is 13.7 Å². The predicted octanol–water partition coefficient (Wildman–Crippen LogP) is 0.764. The molecule has 3 N–H and O–H groups in total. The van der Waals surface area contributed by atoms with Crippen LogP contribution in [-0.2, 0) is 9.53 Å². The monoisotopic (exact) mass is 317 g/mol. The third kappa shape index (κ3) is 3.36. The van der Waals surface area contributed by atoms with Crippen LogP contribution >= 0.6 is 15.9 Å². The van der Waals surface area contributed by atoms with Gasteiger partial charge in [-0.25, -0.2) is 0 Å². The summed E-state index contributed by atoms with van der Waals surface area (Å²) in [4.78, 5) is 22.1. The zero-order chi connectivity index (χ0) is 13.7. The molecule has 0 saturated heterocycles. The molecule has 0 aliphatic carbocycles. The van der Waals surface area contributed by atoms with Gasteiger partial charge in [-0.15, -0.1) is 0 Å². The summed E-state index contributed by atoms with van der Waals surface area (Å²) in [6.07, 6.45) is 0. The first-order valence-electron chi connectivity index (χ1n) is 4.98. The number of nitrogens with one attached hydrogen (secondary N) is 1. The van der Waals surface area contributed by atoms with E-state index in [0.29, 0.717) is 0 Å². The maximum atomic E-state index is 11.7. The number of carbonyl (C=O) groups excluding carboxylic acids is 2. The SMILES string of the molecule is COC(=O)C(Br)CNC(=O)c1c(O)cccc1O. The van der Waals surface area contributed by atoms with Crippen LogP contribution in [0.5, 0.6) is 11.5 Å². The van der Waals surface area contributed by atoms with Crippen LogP contribution < -0.4 is 5.32 Å². The average molecular weight is 318 g/mol. The zero-order valence-electron chi connectivity index (χ0n) is 9.51. The number of alkyl halides is 1. The minimum atomic E-state index is -0.695. The van der Waals surface area contributed by atoms with Gasteiger partial charge >= 0.3 is 5.97 Å². The Balaban J connectivity index is 2.69. The number of esters is 1. The van der Waals surface area contributed by atoms with Gasteiger partial charge in [0, 0.05) is 6.54 Å². The molecule has 1 aromatic carbocycles. The summed E-state index contributed by atoms with van der Waals surface area (Å²) in [5, 5.41) is 21.3. The number of methoxy groups -OCH3 is 1. The number of halogens is 1. The second-order valence-corrected chi connectivity index (χ2v) is 4.48. The fourth-order valence-electron chi connectivity index (χ4n) is 1.24. The fourth-order valence-corrected chi connectivity index (χ4v) is 1.59. The minimum absolute atomic E-state index is 0.0285. The number of aromatic hydroxyl groups is 2. The Bertz CT molecular complexity index is 442. The number of benzene rings is 1. The van der Waals surface area contributed by atoms with Crippen LogP contribution in [0.3, 0.4) is 0 Å². The molecule has 0 heterocycles. The van der Waals surface area contributed by atoms with Crippen molar-refractivity contribution >= 4 is 27.8 Å². The molecule has 7 heteroatoms. The number of phenols is 2. The van der Waals surface area contributed by atoms with E-state index >= 15 is 0 Å². The molecule has 0 bridgehead atoms. The smallest absolute Gasteiger partial charge is 0.321 e. The standard InChI is InChI=1S/C11H12BrNO5/c1-18-11(17)6(12)5-13-10(16)9-7(14)3-2-4-8(9)15/h2-4,6,14-15H,5H2,1H3,(H,13,16). The lowest BCUT2D eigenvalue weighted by molar-refractivity contribution is -0.139. The highest BCUT2D eigenvalue weighted by atomic mass is 79.9. The van der Waals surface area contributed by atoms with Crippen LogP contribution in [-0.4, -0.2) is 40.6 Å². The van der Waals surface area contributed by atoms with Gasteiger partial charge in [-0.05, 0) is 12.1 Å². The first-order valence-corrected chi connectivity index (χ1v) is 5.90. The lowest BCUT2D eigenvalue weighted by Crippen LogP contribution is -2.33. The second-order valence-electron chi connectivity index (χ2n) is 3.37. The summed E-state index contributed by atoms with van der Waals surface area (Å²) in [7, 11) is 1.23. The van der Waals surface area contributed by atoms with Crippen molar-refractivity contribution in [1.82, 2.24) is 5.32 Å². The summed E-state index contributed by atoms with van der Waals surface area (Å²) >= 11 is 3.03. The number of hydrogen-bond donors (Lipinski definition) is 3. The molecule has 0 radical (unpaired) electrons. The highest BCUT2D eigenvalue weighted by Gasteiger charge is 2.19. The Morgan fingerprint density at radius 1 is 1.39 bits per heavy atom. The predicted molar refractivity (Wildman–Crippen MR) is 66.8 cm³/mol. The molecule has 0 saturated carbocycles. The molecule has 0 fully saturated rings. The minimum Gasteiger partial charge on any atom is -0.507 e. The number of rotatable bonds is 4. The van der Waals surface area contributed by atoms with Gasteiger partial charge in [0.1, 0.15) is 21.9 Å². The summed E-state index contributed by atoms with van der Waals surface area (Å²) in [6, 6.07) is 3.96. The number of ether oxygens (including phenoxy) is 1. The summed E-state index contributed by atoms with van der Waals surface area (Å²) in [5.41, 5.74) is -0.234. The molecule has 0 aromatic heterocycles. The third-order valence-corrected chi connectivity index (χ3v) is 2.84. The molecule has 1 aromatic rings. The zero-order valence-corrected chi connectivity index (χ0v) is 11.1. The molecule has 0 aliphatic rings. The lowest BCUT2D eigenvalue weighted by Gasteiger charge is -2.10. The van der Waals surface area contributed by atoms with E-state index in [1.54, 1.807) is 0 Å². The largest absolute Gasteiger partial charge is 0.507 e. The van der Waals surface area contributed by atoms with E-state index < -0.39 is 16.7 Å². The maximum absolute atomic E-state index is 11.7. The summed E-state index contributed by atoms with van der Waals surface area (Å²) < 4.78 is 4.46. The molecule has 98 valence electrons. The first-order chi connectivity index (χ1) is 8.47. The Morgan fingerprint density at radius 2 is 1.94 bits per heavy atom. The van der Waals surface area contributed by atoms with Gasteiger partial charge in [0.15, 0.2) is 0 Å². The Labute approximate surface area is 112 Å². The van der Waals surface area contributed by atoms with Crippen molar-refractivity contribution < 1.29 is 24.5 Å². The lowest BCUT2D eigenvalue weighted by atomic mass is 10.1. The van der Waals surface area contributed by atoms with Crippen molar-refractivity contribution in [1.29, 1.82) is 0 Å². The van der Waals surface area contributed by atoms with Gasteiger partial charge in [0.05, 0.1) is 7.11 Å².